The highest BCUT2D eigenvalue weighted by molar-refractivity contribution is 5.90. The molecule has 0 amide bonds. The number of nitrogens with zero attached hydrogens (tertiary/aromatic N) is 2. The standard InChI is InChI=1S/C18H13N3O2/c22-16-11-4-3-9-14(16)17-19-20-18(23)21(17)15-10-5-7-12-6-1-2-8-13(12)15/h1-11,22H,(H,20,23). The molecular weight excluding hydrogens is 290 g/mol. The molecule has 112 valence electrons. The minimum Gasteiger partial charge on any atom is -0.507 e. The average molecular weight is 303 g/mol. The van der Waals surface area contributed by atoms with Gasteiger partial charge in [-0.15, -0.1) is 0 Å². The average Bonchev–Trinajstić information content (AvgIpc) is 2.96. The molecule has 0 aliphatic rings. The Labute approximate surface area is 131 Å². The van der Waals surface area contributed by atoms with Gasteiger partial charge in [-0.05, 0) is 23.6 Å². The molecule has 1 heterocycles. The summed E-state index contributed by atoms with van der Waals surface area (Å²) in [7, 11) is 0. The van der Waals surface area contributed by atoms with Crippen LogP contribution in [0.2, 0.25) is 0 Å². The van der Waals surface area contributed by atoms with Gasteiger partial charge in [0.05, 0.1) is 11.3 Å². The highest BCUT2D eigenvalue weighted by Gasteiger charge is 2.16. The molecule has 0 aliphatic carbocycles. The fourth-order valence-electron chi connectivity index (χ4n) is 2.77. The largest absolute Gasteiger partial charge is 0.507 e. The van der Waals surface area contributed by atoms with Gasteiger partial charge in [-0.1, -0.05) is 48.5 Å². The number of aromatic nitrogens is 3. The van der Waals surface area contributed by atoms with Crippen molar-refractivity contribution in [3.63, 3.8) is 0 Å². The van der Waals surface area contributed by atoms with Gasteiger partial charge in [0.2, 0.25) is 0 Å². The van der Waals surface area contributed by atoms with Crippen LogP contribution in [0.25, 0.3) is 27.8 Å². The van der Waals surface area contributed by atoms with E-state index in [-0.39, 0.29) is 11.4 Å². The zero-order valence-electron chi connectivity index (χ0n) is 12.1. The van der Waals surface area contributed by atoms with Gasteiger partial charge in [-0.25, -0.2) is 14.5 Å². The number of fused-ring (bicyclic) bond motifs is 1. The number of H-pyrrole nitrogens is 1. The van der Waals surface area contributed by atoms with Crippen molar-refractivity contribution in [1.29, 1.82) is 0 Å². The molecule has 0 radical (unpaired) electrons. The summed E-state index contributed by atoms with van der Waals surface area (Å²) in [6.07, 6.45) is 0. The van der Waals surface area contributed by atoms with Crippen LogP contribution in [0.15, 0.2) is 71.5 Å². The van der Waals surface area contributed by atoms with Crippen molar-refractivity contribution in [2.45, 2.75) is 0 Å². The van der Waals surface area contributed by atoms with E-state index in [0.29, 0.717) is 11.4 Å². The lowest BCUT2D eigenvalue weighted by Crippen LogP contribution is -2.16. The number of aromatic hydroxyl groups is 1. The Morgan fingerprint density at radius 3 is 2.52 bits per heavy atom. The van der Waals surface area contributed by atoms with Crippen LogP contribution in [-0.4, -0.2) is 19.9 Å². The van der Waals surface area contributed by atoms with E-state index in [1.54, 1.807) is 24.3 Å². The molecule has 0 saturated heterocycles. The number of phenolic OH excluding ortho intramolecular Hbond substituents is 1. The lowest BCUT2D eigenvalue weighted by atomic mass is 10.1. The molecule has 23 heavy (non-hydrogen) atoms. The fourth-order valence-corrected chi connectivity index (χ4v) is 2.77. The number of nitrogens with one attached hydrogen (secondary N) is 1. The van der Waals surface area contributed by atoms with Crippen LogP contribution in [0, 0.1) is 0 Å². The first-order chi connectivity index (χ1) is 11.3. The van der Waals surface area contributed by atoms with Gasteiger partial charge in [-0.2, -0.15) is 5.10 Å². The van der Waals surface area contributed by atoms with Crippen molar-refractivity contribution in [3.8, 4) is 22.8 Å². The van der Waals surface area contributed by atoms with Crippen LogP contribution >= 0.6 is 0 Å². The van der Waals surface area contributed by atoms with Crippen molar-refractivity contribution in [2.75, 3.05) is 0 Å². The summed E-state index contributed by atoms with van der Waals surface area (Å²) in [4.78, 5) is 12.3. The van der Waals surface area contributed by atoms with E-state index in [4.69, 9.17) is 0 Å². The lowest BCUT2D eigenvalue weighted by Gasteiger charge is -2.10. The second-order valence-corrected chi connectivity index (χ2v) is 5.20. The number of hydrogen-bond acceptors (Lipinski definition) is 3. The van der Waals surface area contributed by atoms with E-state index in [1.807, 2.05) is 42.5 Å². The number of para-hydroxylation sites is 1. The SMILES string of the molecule is O=c1[nH]nc(-c2ccccc2O)n1-c1cccc2ccccc12. The maximum atomic E-state index is 12.3. The summed E-state index contributed by atoms with van der Waals surface area (Å²) in [6.45, 7) is 0. The normalized spacial score (nSPS) is 11.0. The quantitative estimate of drug-likeness (QED) is 0.598. The first kappa shape index (κ1) is 13.3. The molecule has 4 aromatic rings. The predicted octanol–water partition coefficient (Wildman–Crippen LogP) is 3.09. The molecule has 1 aromatic heterocycles. The Hall–Kier alpha value is -3.34. The number of hydrogen-bond donors (Lipinski definition) is 2. The number of aromatic amines is 1. The van der Waals surface area contributed by atoms with Crippen LogP contribution in [0.1, 0.15) is 0 Å². The van der Waals surface area contributed by atoms with Crippen LogP contribution in [0.5, 0.6) is 5.75 Å². The zero-order valence-corrected chi connectivity index (χ0v) is 12.1. The second kappa shape index (κ2) is 5.14. The smallest absolute Gasteiger partial charge is 0.348 e. The molecule has 0 aliphatic heterocycles. The molecule has 0 fully saturated rings. The number of benzene rings is 3. The maximum absolute atomic E-state index is 12.3. The molecule has 0 saturated carbocycles. The van der Waals surface area contributed by atoms with E-state index in [2.05, 4.69) is 10.2 Å². The van der Waals surface area contributed by atoms with Gasteiger partial charge < -0.3 is 5.11 Å². The van der Waals surface area contributed by atoms with Gasteiger partial charge >= 0.3 is 5.69 Å². The van der Waals surface area contributed by atoms with Crippen LogP contribution in [-0.2, 0) is 0 Å². The maximum Gasteiger partial charge on any atom is 0.348 e. The van der Waals surface area contributed by atoms with Gasteiger partial charge in [0.25, 0.3) is 0 Å². The Morgan fingerprint density at radius 2 is 1.65 bits per heavy atom. The van der Waals surface area contributed by atoms with Crippen molar-refractivity contribution in [2.24, 2.45) is 0 Å². The summed E-state index contributed by atoms with van der Waals surface area (Å²) in [5.74, 6) is 0.456. The van der Waals surface area contributed by atoms with Gasteiger partial charge in [0, 0.05) is 5.39 Å². The third kappa shape index (κ3) is 2.10. The zero-order chi connectivity index (χ0) is 15.8. The Bertz CT molecular complexity index is 1060. The van der Waals surface area contributed by atoms with Crippen molar-refractivity contribution >= 4 is 10.8 Å². The Kier molecular flexibility index (Phi) is 2.98. The molecule has 0 spiro atoms. The third-order valence-electron chi connectivity index (χ3n) is 3.82. The van der Waals surface area contributed by atoms with E-state index >= 15 is 0 Å². The molecule has 0 atom stereocenters. The third-order valence-corrected chi connectivity index (χ3v) is 3.82. The molecule has 2 N–H and O–H groups in total. The summed E-state index contributed by atoms with van der Waals surface area (Å²) in [5, 5.41) is 18.6. The molecule has 3 aromatic carbocycles. The van der Waals surface area contributed by atoms with Crippen molar-refractivity contribution in [3.05, 3.63) is 77.2 Å². The van der Waals surface area contributed by atoms with E-state index < -0.39 is 0 Å². The van der Waals surface area contributed by atoms with Crippen LogP contribution in [0.4, 0.5) is 0 Å². The summed E-state index contributed by atoms with van der Waals surface area (Å²) in [5.41, 5.74) is 0.874. The highest BCUT2D eigenvalue weighted by Crippen LogP contribution is 2.29. The summed E-state index contributed by atoms with van der Waals surface area (Å²) >= 11 is 0. The van der Waals surface area contributed by atoms with Crippen LogP contribution in [0.3, 0.4) is 0 Å². The molecule has 0 bridgehead atoms. The number of phenols is 1. The number of rotatable bonds is 2. The highest BCUT2D eigenvalue weighted by atomic mass is 16.3. The van der Waals surface area contributed by atoms with Gasteiger partial charge in [0.1, 0.15) is 5.75 Å². The van der Waals surface area contributed by atoms with E-state index in [0.717, 1.165) is 16.5 Å². The Balaban J connectivity index is 2.06. The minimum atomic E-state index is -0.348. The molecule has 5 heteroatoms. The van der Waals surface area contributed by atoms with Gasteiger partial charge in [0.15, 0.2) is 5.82 Å². The summed E-state index contributed by atoms with van der Waals surface area (Å²) < 4.78 is 1.48. The molecule has 4 rings (SSSR count). The van der Waals surface area contributed by atoms with Crippen molar-refractivity contribution in [1.82, 2.24) is 14.8 Å². The predicted molar refractivity (Wildman–Crippen MR) is 88.8 cm³/mol. The first-order valence-corrected chi connectivity index (χ1v) is 7.19. The summed E-state index contributed by atoms with van der Waals surface area (Å²) in [6, 6.07) is 20.4. The van der Waals surface area contributed by atoms with Gasteiger partial charge in [-0.3, -0.25) is 0 Å². The monoisotopic (exact) mass is 303 g/mol. The van der Waals surface area contributed by atoms with E-state index in [9.17, 15) is 9.90 Å². The fraction of sp³-hybridized carbons (Fsp3) is 0. The first-order valence-electron chi connectivity index (χ1n) is 7.19. The van der Waals surface area contributed by atoms with E-state index in [1.165, 1.54) is 4.57 Å². The Morgan fingerprint density at radius 1 is 0.913 bits per heavy atom. The lowest BCUT2D eigenvalue weighted by molar-refractivity contribution is 0.476. The molecule has 0 unspecified atom stereocenters. The topological polar surface area (TPSA) is 70.9 Å². The minimum absolute atomic E-state index is 0.0768. The van der Waals surface area contributed by atoms with Crippen LogP contribution < -0.4 is 5.69 Å². The van der Waals surface area contributed by atoms with Crippen molar-refractivity contribution < 1.29 is 5.11 Å². The molecular formula is C18H13N3O2. The second-order valence-electron chi connectivity index (χ2n) is 5.20. The molecule has 5 nitrogen and oxygen atoms in total.